The van der Waals surface area contributed by atoms with Crippen LogP contribution in [0.3, 0.4) is 0 Å². The van der Waals surface area contributed by atoms with E-state index in [-0.39, 0.29) is 0 Å². The Kier molecular flexibility index (Phi) is 2.87. The molecule has 0 aromatic rings. The van der Waals surface area contributed by atoms with Crippen molar-refractivity contribution >= 4 is 23.2 Å². The predicted molar refractivity (Wildman–Crippen MR) is 26.1 cm³/mol. The Morgan fingerprint density at radius 2 is 1.67 bits per heavy atom. The minimum Gasteiger partial charge on any atom is -0.228 e. The summed E-state index contributed by atoms with van der Waals surface area (Å²) in [5, 5.41) is -0.577. The standard InChI is InChI=1S/C3H5Cl2F/c1-2(4)3(5)6/h2-3H,1H3. The van der Waals surface area contributed by atoms with Crippen LogP contribution in [0.15, 0.2) is 0 Å². The highest BCUT2D eigenvalue weighted by atomic mass is 35.5. The van der Waals surface area contributed by atoms with Gasteiger partial charge in [-0.2, -0.15) is 0 Å². The molecule has 2 atom stereocenters. The molecule has 0 spiro atoms. The molecule has 3 heteroatoms. The summed E-state index contributed by atoms with van der Waals surface area (Å²) in [6.07, 6.45) is 0. The van der Waals surface area contributed by atoms with Gasteiger partial charge >= 0.3 is 0 Å². The van der Waals surface area contributed by atoms with Crippen molar-refractivity contribution in [2.75, 3.05) is 0 Å². The number of rotatable bonds is 1. The Morgan fingerprint density at radius 3 is 1.67 bits per heavy atom. The fraction of sp³-hybridized carbons (Fsp3) is 1.00. The van der Waals surface area contributed by atoms with Gasteiger partial charge in [-0.3, -0.25) is 0 Å². The first-order chi connectivity index (χ1) is 2.64. The van der Waals surface area contributed by atoms with Crippen molar-refractivity contribution in [3.05, 3.63) is 0 Å². The summed E-state index contributed by atoms with van der Waals surface area (Å²) in [6.45, 7) is 1.50. The van der Waals surface area contributed by atoms with Crippen LogP contribution in [-0.2, 0) is 0 Å². The van der Waals surface area contributed by atoms with Crippen LogP contribution in [0.4, 0.5) is 4.39 Å². The molecule has 0 aliphatic heterocycles. The van der Waals surface area contributed by atoms with Gasteiger partial charge < -0.3 is 0 Å². The van der Waals surface area contributed by atoms with Crippen LogP contribution in [0.2, 0.25) is 0 Å². The van der Waals surface area contributed by atoms with Crippen LogP contribution in [0.5, 0.6) is 0 Å². The Balaban J connectivity index is 2.99. The summed E-state index contributed by atoms with van der Waals surface area (Å²) >= 11 is 9.92. The molecule has 6 heavy (non-hydrogen) atoms. The van der Waals surface area contributed by atoms with E-state index in [1.165, 1.54) is 6.92 Å². The summed E-state index contributed by atoms with van der Waals surface area (Å²) < 4.78 is 11.5. The maximum atomic E-state index is 11.5. The monoisotopic (exact) mass is 130 g/mol. The second-order valence-electron chi connectivity index (χ2n) is 1.01. The van der Waals surface area contributed by atoms with Crippen LogP contribution in [0, 0.1) is 0 Å². The van der Waals surface area contributed by atoms with Crippen LogP contribution < -0.4 is 0 Å². The molecule has 0 aromatic carbocycles. The van der Waals surface area contributed by atoms with Crippen LogP contribution in [0.1, 0.15) is 6.92 Å². The summed E-state index contributed by atoms with van der Waals surface area (Å²) in [5.41, 5.74) is -1.41. The molecule has 0 rings (SSSR count). The van der Waals surface area contributed by atoms with E-state index in [2.05, 4.69) is 0 Å². The smallest absolute Gasteiger partial charge is 0.189 e. The van der Waals surface area contributed by atoms with Gasteiger partial charge in [0.15, 0.2) is 5.63 Å². The zero-order chi connectivity index (χ0) is 5.15. The van der Waals surface area contributed by atoms with Gasteiger partial charge in [0.2, 0.25) is 0 Å². The van der Waals surface area contributed by atoms with E-state index >= 15 is 0 Å². The van der Waals surface area contributed by atoms with E-state index in [1.807, 2.05) is 0 Å². The molecule has 0 aromatic heterocycles. The van der Waals surface area contributed by atoms with E-state index < -0.39 is 11.0 Å². The average Bonchev–Trinajstić information content (AvgIpc) is 1.36. The number of hydrogen-bond acceptors (Lipinski definition) is 0. The molecule has 0 radical (unpaired) electrons. The third-order valence-electron chi connectivity index (χ3n) is 0.347. The van der Waals surface area contributed by atoms with Crippen molar-refractivity contribution in [2.24, 2.45) is 0 Å². The van der Waals surface area contributed by atoms with Crippen LogP contribution >= 0.6 is 23.2 Å². The molecule has 0 N–H and O–H groups in total. The lowest BCUT2D eigenvalue weighted by molar-refractivity contribution is 0.439. The zero-order valence-corrected chi connectivity index (χ0v) is 4.80. The molecule has 38 valence electrons. The second kappa shape index (κ2) is 2.64. The molecule has 0 amide bonds. The molecule has 0 aliphatic rings. The first-order valence-corrected chi connectivity index (χ1v) is 2.44. The molecule has 0 aliphatic carbocycles. The predicted octanol–water partition coefficient (Wildman–Crippen LogP) is 2.15. The molecular weight excluding hydrogens is 126 g/mol. The van der Waals surface area contributed by atoms with Crippen LogP contribution in [-0.4, -0.2) is 11.0 Å². The van der Waals surface area contributed by atoms with Crippen molar-refractivity contribution in [1.82, 2.24) is 0 Å². The number of halogens is 3. The van der Waals surface area contributed by atoms with Crippen molar-refractivity contribution in [3.8, 4) is 0 Å². The summed E-state index contributed by atoms with van der Waals surface area (Å²) in [7, 11) is 0. The average molecular weight is 131 g/mol. The van der Waals surface area contributed by atoms with Gasteiger partial charge in [0.25, 0.3) is 0 Å². The molecule has 0 saturated carbocycles. The third-order valence-corrected chi connectivity index (χ3v) is 1.08. The van der Waals surface area contributed by atoms with Crippen molar-refractivity contribution < 1.29 is 4.39 Å². The SMILES string of the molecule is CC(Cl)C(F)Cl. The second-order valence-corrected chi connectivity index (χ2v) is 2.12. The van der Waals surface area contributed by atoms with Gasteiger partial charge in [-0.25, -0.2) is 4.39 Å². The Bertz CT molecular complexity index is 29.8. The Labute approximate surface area is 46.2 Å². The lowest BCUT2D eigenvalue weighted by atomic mass is 10.5. The van der Waals surface area contributed by atoms with Gasteiger partial charge in [0.1, 0.15) is 0 Å². The summed E-state index contributed by atoms with van der Waals surface area (Å²) in [6, 6.07) is 0. The van der Waals surface area contributed by atoms with Gasteiger partial charge in [-0.15, -0.1) is 11.6 Å². The van der Waals surface area contributed by atoms with Crippen LogP contribution in [0.25, 0.3) is 0 Å². The van der Waals surface area contributed by atoms with Gasteiger partial charge in [0, 0.05) is 0 Å². The lowest BCUT2D eigenvalue weighted by Crippen LogP contribution is -2.01. The largest absolute Gasteiger partial charge is 0.228 e. The van der Waals surface area contributed by atoms with Crippen molar-refractivity contribution in [2.45, 2.75) is 17.9 Å². The minimum atomic E-state index is -1.41. The lowest BCUT2D eigenvalue weighted by Gasteiger charge is -1.96. The molecule has 2 unspecified atom stereocenters. The van der Waals surface area contributed by atoms with E-state index in [9.17, 15) is 4.39 Å². The highest BCUT2D eigenvalue weighted by Crippen LogP contribution is 2.08. The normalized spacial score (nSPS) is 20.0. The quantitative estimate of drug-likeness (QED) is 0.478. The molecule has 0 nitrogen and oxygen atoms in total. The molecule has 0 saturated heterocycles. The number of hydrogen-bond donors (Lipinski definition) is 0. The molecular formula is C3H5Cl2F. The van der Waals surface area contributed by atoms with E-state index in [0.29, 0.717) is 0 Å². The maximum Gasteiger partial charge on any atom is 0.189 e. The Hall–Kier alpha value is 0.510. The maximum absolute atomic E-state index is 11.5. The first kappa shape index (κ1) is 6.51. The summed E-state index contributed by atoms with van der Waals surface area (Å²) in [5.74, 6) is 0. The van der Waals surface area contributed by atoms with Gasteiger partial charge in [-0.05, 0) is 6.92 Å². The highest BCUT2D eigenvalue weighted by Gasteiger charge is 2.06. The van der Waals surface area contributed by atoms with Gasteiger partial charge in [0.05, 0.1) is 5.38 Å². The third kappa shape index (κ3) is 2.73. The summed E-state index contributed by atoms with van der Waals surface area (Å²) in [4.78, 5) is 0. The van der Waals surface area contributed by atoms with Crippen molar-refractivity contribution in [1.29, 1.82) is 0 Å². The topological polar surface area (TPSA) is 0 Å². The fourth-order valence-corrected chi connectivity index (χ4v) is 0. The van der Waals surface area contributed by atoms with Gasteiger partial charge in [-0.1, -0.05) is 11.6 Å². The van der Waals surface area contributed by atoms with E-state index in [0.717, 1.165) is 0 Å². The Morgan fingerprint density at radius 1 is 1.50 bits per heavy atom. The zero-order valence-electron chi connectivity index (χ0n) is 3.29. The van der Waals surface area contributed by atoms with E-state index in [4.69, 9.17) is 23.2 Å². The fourth-order valence-electron chi connectivity index (χ4n) is 0. The van der Waals surface area contributed by atoms with E-state index in [1.54, 1.807) is 0 Å². The minimum absolute atomic E-state index is 0.577. The number of alkyl halides is 3. The highest BCUT2D eigenvalue weighted by molar-refractivity contribution is 6.29. The van der Waals surface area contributed by atoms with Crippen molar-refractivity contribution in [3.63, 3.8) is 0 Å². The first-order valence-electron chi connectivity index (χ1n) is 1.57. The molecule has 0 heterocycles. The molecule has 0 bridgehead atoms. The molecule has 0 fully saturated rings.